The number of hydrogen-bond donors (Lipinski definition) is 1. The highest BCUT2D eigenvalue weighted by atomic mass is 19.4. The Morgan fingerprint density at radius 2 is 1.94 bits per heavy atom. The van der Waals surface area contributed by atoms with Crippen molar-refractivity contribution in [1.29, 1.82) is 0 Å². The second kappa shape index (κ2) is 4.75. The van der Waals surface area contributed by atoms with E-state index in [9.17, 15) is 18.0 Å². The lowest BCUT2D eigenvalue weighted by atomic mass is 10.0. The van der Waals surface area contributed by atoms with Crippen LogP contribution in [0, 0.1) is 0 Å². The molecule has 6 heteroatoms. The average Bonchev–Trinajstić information content (AvgIpc) is 2.15. The maximum atomic E-state index is 12.8. The van der Waals surface area contributed by atoms with E-state index in [2.05, 4.69) is 0 Å². The zero-order chi connectivity index (χ0) is 13.2. The van der Waals surface area contributed by atoms with E-state index in [1.807, 2.05) is 0 Å². The van der Waals surface area contributed by atoms with E-state index in [4.69, 9.17) is 5.73 Å². The van der Waals surface area contributed by atoms with E-state index in [1.165, 1.54) is 12.1 Å². The molecule has 0 unspecified atom stereocenters. The Morgan fingerprint density at radius 3 is 2.35 bits per heavy atom. The molecule has 0 radical (unpaired) electrons. The quantitative estimate of drug-likeness (QED) is 0.884. The van der Waals surface area contributed by atoms with E-state index in [0.29, 0.717) is 0 Å². The molecule has 1 aromatic rings. The molecule has 94 valence electrons. The van der Waals surface area contributed by atoms with Gasteiger partial charge < -0.3 is 10.6 Å². The molecular weight excluding hydrogens is 233 g/mol. The monoisotopic (exact) mass is 246 g/mol. The Morgan fingerprint density at radius 1 is 1.35 bits per heavy atom. The fraction of sp³-hybridized carbons (Fsp3) is 0.364. The standard InChI is InChI=1S/C11H13F3N2O/c1-16(2)6-8-4-3-7(10(15)17)5-9(8)11(12,13)14/h3-5H,6H2,1-2H3,(H2,15,17). The van der Waals surface area contributed by atoms with Crippen molar-refractivity contribution in [1.82, 2.24) is 4.90 Å². The highest BCUT2D eigenvalue weighted by molar-refractivity contribution is 5.93. The first-order valence-electron chi connectivity index (χ1n) is 4.86. The number of nitrogens with two attached hydrogens (primary N) is 1. The average molecular weight is 246 g/mol. The van der Waals surface area contributed by atoms with Gasteiger partial charge in [0, 0.05) is 12.1 Å². The van der Waals surface area contributed by atoms with Gasteiger partial charge in [-0.3, -0.25) is 4.79 Å². The highest BCUT2D eigenvalue weighted by Crippen LogP contribution is 2.33. The molecule has 1 amide bonds. The third-order valence-corrected chi connectivity index (χ3v) is 2.19. The van der Waals surface area contributed by atoms with Crippen LogP contribution in [0.1, 0.15) is 21.5 Å². The second-order valence-electron chi connectivity index (χ2n) is 3.97. The summed E-state index contributed by atoms with van der Waals surface area (Å²) in [5.74, 6) is -0.869. The second-order valence-corrected chi connectivity index (χ2v) is 3.97. The number of carbonyl (C=O) groups is 1. The Labute approximate surface area is 97.0 Å². The zero-order valence-electron chi connectivity index (χ0n) is 9.51. The first-order chi connectivity index (χ1) is 7.71. The number of alkyl halides is 3. The van der Waals surface area contributed by atoms with Gasteiger partial charge in [-0.05, 0) is 31.8 Å². The van der Waals surface area contributed by atoms with Crippen molar-refractivity contribution < 1.29 is 18.0 Å². The molecule has 3 nitrogen and oxygen atoms in total. The fourth-order valence-electron chi connectivity index (χ4n) is 1.47. The van der Waals surface area contributed by atoms with E-state index in [1.54, 1.807) is 19.0 Å². The molecular formula is C11H13F3N2O. The Kier molecular flexibility index (Phi) is 3.77. The number of primary amides is 1. The van der Waals surface area contributed by atoms with Gasteiger partial charge in [0.1, 0.15) is 0 Å². The van der Waals surface area contributed by atoms with Crippen LogP contribution in [0.4, 0.5) is 13.2 Å². The molecule has 0 aromatic heterocycles. The molecule has 0 spiro atoms. The third-order valence-electron chi connectivity index (χ3n) is 2.19. The summed E-state index contributed by atoms with van der Waals surface area (Å²) in [5.41, 5.74) is 4.12. The number of nitrogens with zero attached hydrogens (tertiary/aromatic N) is 1. The number of benzene rings is 1. The Balaban J connectivity index is 3.27. The van der Waals surface area contributed by atoms with E-state index in [-0.39, 0.29) is 17.7 Å². The van der Waals surface area contributed by atoms with Gasteiger partial charge in [0.25, 0.3) is 0 Å². The summed E-state index contributed by atoms with van der Waals surface area (Å²) < 4.78 is 38.3. The summed E-state index contributed by atoms with van der Waals surface area (Å²) in [6, 6.07) is 3.38. The molecule has 2 N–H and O–H groups in total. The lowest BCUT2D eigenvalue weighted by Crippen LogP contribution is -2.19. The number of hydrogen-bond acceptors (Lipinski definition) is 2. The molecule has 0 saturated heterocycles. The molecule has 1 aromatic carbocycles. The molecule has 0 saturated carbocycles. The molecule has 0 bridgehead atoms. The van der Waals surface area contributed by atoms with Crippen molar-refractivity contribution in [2.75, 3.05) is 14.1 Å². The van der Waals surface area contributed by atoms with Crippen LogP contribution in [0.3, 0.4) is 0 Å². The third kappa shape index (κ3) is 3.45. The Bertz CT molecular complexity index is 427. The predicted octanol–water partition coefficient (Wildman–Crippen LogP) is 1.87. The molecule has 0 aliphatic carbocycles. The minimum atomic E-state index is -4.49. The zero-order valence-corrected chi connectivity index (χ0v) is 9.51. The fourth-order valence-corrected chi connectivity index (χ4v) is 1.47. The van der Waals surface area contributed by atoms with E-state index >= 15 is 0 Å². The first-order valence-corrected chi connectivity index (χ1v) is 4.86. The molecule has 0 atom stereocenters. The van der Waals surface area contributed by atoms with Crippen molar-refractivity contribution in [3.05, 3.63) is 34.9 Å². The van der Waals surface area contributed by atoms with Gasteiger partial charge in [0.2, 0.25) is 5.91 Å². The Hall–Kier alpha value is -1.56. The summed E-state index contributed by atoms with van der Waals surface area (Å²) in [5, 5.41) is 0. The lowest BCUT2D eigenvalue weighted by molar-refractivity contribution is -0.138. The molecule has 0 aliphatic rings. The summed E-state index contributed by atoms with van der Waals surface area (Å²) in [6.07, 6.45) is -4.49. The van der Waals surface area contributed by atoms with Gasteiger partial charge >= 0.3 is 6.18 Å². The van der Waals surface area contributed by atoms with Crippen LogP contribution in [0.5, 0.6) is 0 Å². The van der Waals surface area contributed by atoms with Crippen LogP contribution < -0.4 is 5.73 Å². The van der Waals surface area contributed by atoms with Crippen LogP contribution in [0.15, 0.2) is 18.2 Å². The van der Waals surface area contributed by atoms with Crippen LogP contribution in [-0.4, -0.2) is 24.9 Å². The molecule has 0 fully saturated rings. The topological polar surface area (TPSA) is 46.3 Å². The van der Waals surface area contributed by atoms with Crippen molar-refractivity contribution >= 4 is 5.91 Å². The number of halogens is 3. The van der Waals surface area contributed by atoms with E-state index < -0.39 is 17.6 Å². The van der Waals surface area contributed by atoms with Gasteiger partial charge in [0.15, 0.2) is 0 Å². The van der Waals surface area contributed by atoms with Crippen LogP contribution >= 0.6 is 0 Å². The maximum absolute atomic E-state index is 12.8. The molecule has 17 heavy (non-hydrogen) atoms. The largest absolute Gasteiger partial charge is 0.416 e. The summed E-state index contributed by atoms with van der Waals surface area (Å²) >= 11 is 0. The molecule has 0 heterocycles. The SMILES string of the molecule is CN(C)Cc1ccc(C(N)=O)cc1C(F)(F)F. The van der Waals surface area contributed by atoms with Crippen molar-refractivity contribution in [2.24, 2.45) is 5.73 Å². The van der Waals surface area contributed by atoms with Gasteiger partial charge in [0.05, 0.1) is 5.56 Å². The molecule has 1 rings (SSSR count). The van der Waals surface area contributed by atoms with Gasteiger partial charge in [-0.15, -0.1) is 0 Å². The minimum Gasteiger partial charge on any atom is -0.366 e. The van der Waals surface area contributed by atoms with E-state index in [0.717, 1.165) is 6.07 Å². The van der Waals surface area contributed by atoms with Gasteiger partial charge in [-0.2, -0.15) is 13.2 Å². The van der Waals surface area contributed by atoms with Crippen molar-refractivity contribution in [3.8, 4) is 0 Å². The van der Waals surface area contributed by atoms with Crippen molar-refractivity contribution in [3.63, 3.8) is 0 Å². The number of rotatable bonds is 3. The summed E-state index contributed by atoms with van der Waals surface area (Å²) in [7, 11) is 3.34. The summed E-state index contributed by atoms with van der Waals surface area (Å²) in [4.78, 5) is 12.5. The number of carbonyl (C=O) groups excluding carboxylic acids is 1. The first kappa shape index (κ1) is 13.5. The van der Waals surface area contributed by atoms with Gasteiger partial charge in [-0.1, -0.05) is 6.07 Å². The van der Waals surface area contributed by atoms with Crippen LogP contribution in [0.2, 0.25) is 0 Å². The maximum Gasteiger partial charge on any atom is 0.416 e. The normalized spacial score (nSPS) is 11.9. The minimum absolute atomic E-state index is 0.118. The van der Waals surface area contributed by atoms with Crippen LogP contribution in [0.25, 0.3) is 0 Å². The molecule has 0 aliphatic heterocycles. The smallest absolute Gasteiger partial charge is 0.366 e. The predicted molar refractivity (Wildman–Crippen MR) is 57.4 cm³/mol. The summed E-state index contributed by atoms with van der Waals surface area (Å²) in [6.45, 7) is 0.147. The van der Waals surface area contributed by atoms with Gasteiger partial charge in [-0.25, -0.2) is 0 Å². The van der Waals surface area contributed by atoms with Crippen molar-refractivity contribution in [2.45, 2.75) is 12.7 Å². The lowest BCUT2D eigenvalue weighted by Gasteiger charge is -2.16. The van der Waals surface area contributed by atoms with Crippen LogP contribution in [-0.2, 0) is 12.7 Å². The number of amides is 1. The highest BCUT2D eigenvalue weighted by Gasteiger charge is 2.33.